The lowest BCUT2D eigenvalue weighted by molar-refractivity contribution is 0.0696. The van der Waals surface area contributed by atoms with Gasteiger partial charge in [-0.1, -0.05) is 23.7 Å². The first kappa shape index (κ1) is 18.0. The molecule has 3 rings (SSSR count). The fraction of sp³-hybridized carbons (Fsp3) is 0.200. The molecule has 0 unspecified atom stereocenters. The molecule has 0 saturated heterocycles. The fourth-order valence-electron chi connectivity index (χ4n) is 3.15. The molecule has 1 aromatic heterocycles. The van der Waals surface area contributed by atoms with Crippen LogP contribution in [0, 0.1) is 6.92 Å². The smallest absolute Gasteiger partial charge is 0.335 e. The predicted molar refractivity (Wildman–Crippen MR) is 102 cm³/mol. The highest BCUT2D eigenvalue weighted by molar-refractivity contribution is 6.31. The van der Waals surface area contributed by atoms with Crippen LogP contribution in [0.3, 0.4) is 0 Å². The van der Waals surface area contributed by atoms with Crippen molar-refractivity contribution in [3.63, 3.8) is 0 Å². The number of carboxylic acid groups (broad SMARTS) is 1. The van der Waals surface area contributed by atoms with Crippen LogP contribution in [0.15, 0.2) is 42.5 Å². The van der Waals surface area contributed by atoms with Crippen LogP contribution >= 0.6 is 11.6 Å². The Morgan fingerprint density at radius 3 is 2.46 bits per heavy atom. The molecular weight excluding hydrogens is 352 g/mol. The van der Waals surface area contributed by atoms with Gasteiger partial charge in [-0.3, -0.25) is 4.79 Å². The van der Waals surface area contributed by atoms with Gasteiger partial charge in [0, 0.05) is 29.0 Å². The topological polar surface area (TPSA) is 71.3 Å². The molecule has 0 bridgehead atoms. The van der Waals surface area contributed by atoms with Crippen LogP contribution < -0.4 is 5.32 Å². The zero-order valence-corrected chi connectivity index (χ0v) is 15.3. The van der Waals surface area contributed by atoms with E-state index in [2.05, 4.69) is 5.32 Å². The Kier molecular flexibility index (Phi) is 5.00. The monoisotopic (exact) mass is 370 g/mol. The first-order chi connectivity index (χ1) is 12.4. The number of halogens is 1. The number of amides is 1. The Morgan fingerprint density at radius 2 is 1.85 bits per heavy atom. The number of aromatic nitrogens is 1. The standard InChI is InChI=1S/C20H19ClN2O3/c1-3-23-17-9-8-15(21)10-16(17)12(2)18(23)19(24)22-11-13-4-6-14(7-5-13)20(25)26/h4-10H,3,11H2,1-2H3,(H,22,24)(H,25,26). The number of fused-ring (bicyclic) bond motifs is 1. The Morgan fingerprint density at radius 1 is 1.15 bits per heavy atom. The summed E-state index contributed by atoms with van der Waals surface area (Å²) >= 11 is 6.10. The van der Waals surface area contributed by atoms with E-state index in [0.717, 1.165) is 22.0 Å². The zero-order chi connectivity index (χ0) is 18.8. The van der Waals surface area contributed by atoms with Crippen LogP contribution in [0.2, 0.25) is 5.02 Å². The van der Waals surface area contributed by atoms with Crippen molar-refractivity contribution < 1.29 is 14.7 Å². The van der Waals surface area contributed by atoms with Crippen LogP contribution in [0.5, 0.6) is 0 Å². The van der Waals surface area contributed by atoms with Gasteiger partial charge in [-0.15, -0.1) is 0 Å². The molecule has 0 saturated carbocycles. The van der Waals surface area contributed by atoms with Gasteiger partial charge in [0.15, 0.2) is 0 Å². The molecule has 1 amide bonds. The lowest BCUT2D eigenvalue weighted by Crippen LogP contribution is -2.26. The first-order valence-electron chi connectivity index (χ1n) is 8.31. The quantitative estimate of drug-likeness (QED) is 0.705. The predicted octanol–water partition coefficient (Wildman–Crippen LogP) is 4.25. The second-order valence-corrected chi connectivity index (χ2v) is 6.50. The molecule has 26 heavy (non-hydrogen) atoms. The highest BCUT2D eigenvalue weighted by Crippen LogP contribution is 2.28. The summed E-state index contributed by atoms with van der Waals surface area (Å²) in [6, 6.07) is 12.1. The third-order valence-corrected chi connectivity index (χ3v) is 4.70. The Hall–Kier alpha value is -2.79. The van der Waals surface area contributed by atoms with Gasteiger partial charge in [-0.25, -0.2) is 4.79 Å². The summed E-state index contributed by atoms with van der Waals surface area (Å²) in [5.41, 5.74) is 3.54. The lowest BCUT2D eigenvalue weighted by atomic mass is 10.1. The minimum atomic E-state index is -0.970. The van der Waals surface area contributed by atoms with E-state index in [1.807, 2.05) is 36.6 Å². The molecule has 0 radical (unpaired) electrons. The summed E-state index contributed by atoms with van der Waals surface area (Å²) in [5, 5.41) is 13.5. The molecule has 6 heteroatoms. The third kappa shape index (κ3) is 3.30. The van der Waals surface area contributed by atoms with Crippen molar-refractivity contribution in [1.29, 1.82) is 0 Å². The second kappa shape index (κ2) is 7.22. The van der Waals surface area contributed by atoms with Gasteiger partial charge in [0.25, 0.3) is 5.91 Å². The maximum atomic E-state index is 12.8. The number of nitrogens with zero attached hydrogens (tertiary/aromatic N) is 1. The average Bonchev–Trinajstić information content (AvgIpc) is 2.91. The molecule has 0 spiro atoms. The van der Waals surface area contributed by atoms with E-state index >= 15 is 0 Å². The Balaban J connectivity index is 1.85. The number of carbonyl (C=O) groups is 2. The van der Waals surface area contributed by atoms with E-state index in [1.54, 1.807) is 12.1 Å². The number of rotatable bonds is 5. The number of aryl methyl sites for hydroxylation is 2. The summed E-state index contributed by atoms with van der Waals surface area (Å²) in [4.78, 5) is 23.7. The molecular formula is C20H19ClN2O3. The molecule has 134 valence electrons. The van der Waals surface area contributed by atoms with Crippen molar-refractivity contribution in [2.45, 2.75) is 26.9 Å². The summed E-state index contributed by atoms with van der Waals surface area (Å²) in [5.74, 6) is -1.14. The first-order valence-corrected chi connectivity index (χ1v) is 8.69. The molecule has 0 fully saturated rings. The Bertz CT molecular complexity index is 990. The van der Waals surface area contributed by atoms with E-state index in [9.17, 15) is 9.59 Å². The van der Waals surface area contributed by atoms with Crippen LogP contribution in [-0.2, 0) is 13.1 Å². The van der Waals surface area contributed by atoms with Crippen LogP contribution in [-0.4, -0.2) is 21.6 Å². The zero-order valence-electron chi connectivity index (χ0n) is 14.5. The minimum Gasteiger partial charge on any atom is -0.478 e. The van der Waals surface area contributed by atoms with Crippen molar-refractivity contribution in [2.75, 3.05) is 0 Å². The van der Waals surface area contributed by atoms with E-state index in [4.69, 9.17) is 16.7 Å². The van der Waals surface area contributed by atoms with Gasteiger partial charge in [0.05, 0.1) is 5.56 Å². The van der Waals surface area contributed by atoms with Crippen molar-refractivity contribution >= 4 is 34.4 Å². The molecule has 0 aliphatic carbocycles. The van der Waals surface area contributed by atoms with E-state index in [0.29, 0.717) is 23.8 Å². The molecule has 0 aliphatic rings. The molecule has 0 aliphatic heterocycles. The highest BCUT2D eigenvalue weighted by Gasteiger charge is 2.19. The van der Waals surface area contributed by atoms with Crippen LogP contribution in [0.4, 0.5) is 0 Å². The van der Waals surface area contributed by atoms with Crippen molar-refractivity contribution in [3.8, 4) is 0 Å². The molecule has 2 aromatic carbocycles. The van der Waals surface area contributed by atoms with Gasteiger partial charge in [-0.2, -0.15) is 0 Å². The third-order valence-electron chi connectivity index (χ3n) is 4.46. The van der Waals surface area contributed by atoms with Gasteiger partial charge >= 0.3 is 5.97 Å². The van der Waals surface area contributed by atoms with Crippen molar-refractivity contribution in [1.82, 2.24) is 9.88 Å². The minimum absolute atomic E-state index is 0.168. The van der Waals surface area contributed by atoms with E-state index < -0.39 is 5.97 Å². The second-order valence-electron chi connectivity index (χ2n) is 6.06. The normalized spacial score (nSPS) is 10.9. The summed E-state index contributed by atoms with van der Waals surface area (Å²) in [6.45, 7) is 4.91. The maximum absolute atomic E-state index is 12.8. The van der Waals surface area contributed by atoms with Gasteiger partial charge in [0.2, 0.25) is 0 Å². The number of hydrogen-bond donors (Lipinski definition) is 2. The summed E-state index contributed by atoms with van der Waals surface area (Å²) in [7, 11) is 0. The number of aromatic carboxylic acids is 1. The largest absolute Gasteiger partial charge is 0.478 e. The maximum Gasteiger partial charge on any atom is 0.335 e. The van der Waals surface area contributed by atoms with Gasteiger partial charge in [-0.05, 0) is 55.3 Å². The average molecular weight is 371 g/mol. The summed E-state index contributed by atoms with van der Waals surface area (Å²) in [6.07, 6.45) is 0. The highest BCUT2D eigenvalue weighted by atomic mass is 35.5. The Labute approximate surface area is 156 Å². The number of benzene rings is 2. The van der Waals surface area contributed by atoms with Gasteiger partial charge in [0.1, 0.15) is 5.69 Å². The summed E-state index contributed by atoms with van der Waals surface area (Å²) < 4.78 is 1.98. The molecule has 1 heterocycles. The van der Waals surface area contributed by atoms with E-state index in [1.165, 1.54) is 12.1 Å². The number of carbonyl (C=O) groups excluding carboxylic acids is 1. The lowest BCUT2D eigenvalue weighted by Gasteiger charge is -2.10. The number of hydrogen-bond acceptors (Lipinski definition) is 2. The molecule has 3 aromatic rings. The van der Waals surface area contributed by atoms with Crippen LogP contribution in [0.25, 0.3) is 10.9 Å². The van der Waals surface area contributed by atoms with Crippen molar-refractivity contribution in [3.05, 3.63) is 69.9 Å². The molecule has 0 atom stereocenters. The van der Waals surface area contributed by atoms with E-state index in [-0.39, 0.29) is 11.5 Å². The molecule has 2 N–H and O–H groups in total. The SMILES string of the molecule is CCn1c(C(=O)NCc2ccc(C(=O)O)cc2)c(C)c2cc(Cl)ccc21. The number of nitrogens with one attached hydrogen (secondary N) is 1. The fourth-order valence-corrected chi connectivity index (χ4v) is 3.32. The molecule has 5 nitrogen and oxygen atoms in total. The van der Waals surface area contributed by atoms with Crippen LogP contribution in [0.1, 0.15) is 38.9 Å². The number of carboxylic acids is 1. The van der Waals surface area contributed by atoms with Gasteiger partial charge < -0.3 is 15.0 Å². The van der Waals surface area contributed by atoms with Crippen molar-refractivity contribution in [2.24, 2.45) is 0 Å².